The molecule has 0 atom stereocenters. The molecular formula is C29H31FN2O3. The first-order valence-electron chi connectivity index (χ1n) is 12.0. The topological polar surface area (TPSA) is 63.5 Å². The molecule has 182 valence electrons. The van der Waals surface area contributed by atoms with Crippen molar-refractivity contribution in [2.75, 3.05) is 18.5 Å². The summed E-state index contributed by atoms with van der Waals surface area (Å²) in [7, 11) is 0. The number of hydrogen-bond acceptors (Lipinski definition) is 3. The van der Waals surface area contributed by atoms with Gasteiger partial charge in [0.25, 0.3) is 0 Å². The fraction of sp³-hybridized carbons (Fsp3) is 0.276. The molecule has 0 amide bonds. The number of carboxylic acids is 1. The zero-order valence-corrected chi connectivity index (χ0v) is 20.2. The molecule has 0 saturated heterocycles. The summed E-state index contributed by atoms with van der Waals surface area (Å²) in [5.41, 5.74) is 6.92. The van der Waals surface area contributed by atoms with Gasteiger partial charge in [-0.2, -0.15) is 0 Å². The van der Waals surface area contributed by atoms with Gasteiger partial charge in [0, 0.05) is 54.0 Å². The van der Waals surface area contributed by atoms with E-state index >= 15 is 0 Å². The number of nitrogens with one attached hydrogen (secondary N) is 1. The van der Waals surface area contributed by atoms with Crippen molar-refractivity contribution in [3.8, 4) is 11.1 Å². The maximum atomic E-state index is 14.4. The highest BCUT2D eigenvalue weighted by atomic mass is 19.1. The van der Waals surface area contributed by atoms with Crippen molar-refractivity contribution in [1.82, 2.24) is 4.57 Å². The van der Waals surface area contributed by atoms with Crippen molar-refractivity contribution in [2.24, 2.45) is 0 Å². The first-order valence-corrected chi connectivity index (χ1v) is 12.0. The maximum Gasteiger partial charge on any atom is 0.303 e. The van der Waals surface area contributed by atoms with Crippen LogP contribution in [-0.4, -0.2) is 28.9 Å². The highest BCUT2D eigenvalue weighted by Gasteiger charge is 2.15. The van der Waals surface area contributed by atoms with Crippen LogP contribution >= 0.6 is 0 Å². The molecule has 0 radical (unpaired) electrons. The summed E-state index contributed by atoms with van der Waals surface area (Å²) >= 11 is 0. The smallest absolute Gasteiger partial charge is 0.303 e. The number of para-hydroxylation sites is 1. The second-order valence-electron chi connectivity index (χ2n) is 8.58. The summed E-state index contributed by atoms with van der Waals surface area (Å²) in [6.07, 6.45) is 0.0962. The Hall–Kier alpha value is -3.64. The van der Waals surface area contributed by atoms with E-state index in [4.69, 9.17) is 9.84 Å². The van der Waals surface area contributed by atoms with E-state index in [0.717, 1.165) is 17.7 Å². The van der Waals surface area contributed by atoms with Crippen LogP contribution in [0.2, 0.25) is 0 Å². The molecule has 3 aromatic carbocycles. The normalized spacial score (nSPS) is 11.2. The van der Waals surface area contributed by atoms with Crippen LogP contribution in [0.3, 0.4) is 0 Å². The minimum Gasteiger partial charge on any atom is -0.481 e. The third-order valence-corrected chi connectivity index (χ3v) is 6.27. The zero-order chi connectivity index (χ0) is 24.8. The van der Waals surface area contributed by atoms with E-state index in [1.165, 1.54) is 28.2 Å². The highest BCUT2D eigenvalue weighted by molar-refractivity contribution is 5.98. The zero-order valence-electron chi connectivity index (χ0n) is 20.2. The van der Waals surface area contributed by atoms with Gasteiger partial charge >= 0.3 is 5.97 Å². The van der Waals surface area contributed by atoms with Crippen LogP contribution in [-0.2, 0) is 29.0 Å². The number of rotatable bonds is 11. The molecule has 0 aliphatic heterocycles. The fourth-order valence-corrected chi connectivity index (χ4v) is 4.53. The van der Waals surface area contributed by atoms with Gasteiger partial charge in [-0.1, -0.05) is 42.5 Å². The number of aromatic nitrogens is 1. The molecule has 0 bridgehead atoms. The number of benzene rings is 3. The first kappa shape index (κ1) is 24.5. The number of nitrogens with zero attached hydrogens (tertiary/aromatic N) is 1. The lowest BCUT2D eigenvalue weighted by Gasteiger charge is -2.11. The standard InChI is InChI=1S/C29H31FN2O3/c1-3-35-16-15-32-20(2)29(25-9-4-5-10-27(25)32)23-8-6-7-21(17-23)19-31-24-13-11-22(26(30)18-24)12-14-28(33)34/h4-11,13,17-18,31H,3,12,14-16,19H2,1-2H3,(H,33,34). The molecule has 35 heavy (non-hydrogen) atoms. The fourth-order valence-electron chi connectivity index (χ4n) is 4.53. The van der Waals surface area contributed by atoms with E-state index in [0.29, 0.717) is 31.0 Å². The van der Waals surface area contributed by atoms with Crippen molar-refractivity contribution in [2.45, 2.75) is 39.8 Å². The van der Waals surface area contributed by atoms with Crippen molar-refractivity contribution >= 4 is 22.6 Å². The van der Waals surface area contributed by atoms with Gasteiger partial charge in [0.05, 0.1) is 6.61 Å². The molecule has 0 spiro atoms. The molecule has 1 heterocycles. The van der Waals surface area contributed by atoms with Crippen molar-refractivity contribution in [1.29, 1.82) is 0 Å². The molecule has 0 aliphatic rings. The Balaban J connectivity index is 1.54. The molecule has 5 nitrogen and oxygen atoms in total. The Morgan fingerprint density at radius 2 is 1.91 bits per heavy atom. The van der Waals surface area contributed by atoms with E-state index in [1.807, 2.05) is 13.0 Å². The monoisotopic (exact) mass is 474 g/mol. The average molecular weight is 475 g/mol. The molecule has 2 N–H and O–H groups in total. The van der Waals surface area contributed by atoms with E-state index < -0.39 is 5.97 Å². The van der Waals surface area contributed by atoms with Gasteiger partial charge in [-0.25, -0.2) is 4.39 Å². The third-order valence-electron chi connectivity index (χ3n) is 6.27. The molecule has 1 aromatic heterocycles. The molecule has 0 unspecified atom stereocenters. The Morgan fingerprint density at radius 3 is 2.69 bits per heavy atom. The lowest BCUT2D eigenvalue weighted by atomic mass is 10.00. The average Bonchev–Trinajstić information content (AvgIpc) is 3.13. The van der Waals surface area contributed by atoms with Gasteiger partial charge in [0.1, 0.15) is 5.82 Å². The lowest BCUT2D eigenvalue weighted by molar-refractivity contribution is -0.136. The van der Waals surface area contributed by atoms with Crippen molar-refractivity contribution in [3.05, 3.63) is 89.4 Å². The van der Waals surface area contributed by atoms with Crippen LogP contribution < -0.4 is 5.32 Å². The van der Waals surface area contributed by atoms with Crippen LogP contribution in [0.25, 0.3) is 22.0 Å². The number of carboxylic acid groups (broad SMARTS) is 1. The number of aliphatic carboxylic acids is 1. The molecule has 4 rings (SSSR count). The number of carbonyl (C=O) groups is 1. The van der Waals surface area contributed by atoms with E-state index in [1.54, 1.807) is 12.1 Å². The van der Waals surface area contributed by atoms with Crippen LogP contribution in [0.15, 0.2) is 66.7 Å². The molecule has 0 aliphatic carbocycles. The van der Waals surface area contributed by atoms with Crippen molar-refractivity contribution < 1.29 is 19.0 Å². The number of ether oxygens (including phenoxy) is 1. The number of fused-ring (bicyclic) bond motifs is 1. The number of aryl methyl sites for hydroxylation is 1. The molecular weight excluding hydrogens is 443 g/mol. The number of halogens is 1. The van der Waals surface area contributed by atoms with Crippen LogP contribution in [0.4, 0.5) is 10.1 Å². The highest BCUT2D eigenvalue weighted by Crippen LogP contribution is 2.35. The summed E-state index contributed by atoms with van der Waals surface area (Å²) in [5, 5.41) is 13.3. The van der Waals surface area contributed by atoms with E-state index in [-0.39, 0.29) is 18.7 Å². The number of hydrogen-bond donors (Lipinski definition) is 2. The predicted octanol–water partition coefficient (Wildman–Crippen LogP) is 6.42. The molecule has 4 aromatic rings. The van der Waals surface area contributed by atoms with Gasteiger partial charge in [0.15, 0.2) is 0 Å². The summed E-state index contributed by atoms with van der Waals surface area (Å²) in [4.78, 5) is 10.8. The Kier molecular flexibility index (Phi) is 7.83. The Morgan fingerprint density at radius 1 is 1.09 bits per heavy atom. The van der Waals surface area contributed by atoms with E-state index in [9.17, 15) is 9.18 Å². The van der Waals surface area contributed by atoms with Gasteiger partial charge in [-0.15, -0.1) is 0 Å². The Bertz CT molecular complexity index is 1330. The van der Waals surface area contributed by atoms with Crippen LogP contribution in [0.5, 0.6) is 0 Å². The van der Waals surface area contributed by atoms with Gasteiger partial charge < -0.3 is 19.7 Å². The molecule has 0 saturated carbocycles. The largest absolute Gasteiger partial charge is 0.481 e. The van der Waals surface area contributed by atoms with E-state index in [2.05, 4.69) is 59.3 Å². The summed E-state index contributed by atoms with van der Waals surface area (Å²) < 4.78 is 22.3. The minimum atomic E-state index is -0.931. The molecule has 0 fully saturated rings. The third kappa shape index (κ3) is 5.72. The second kappa shape index (κ2) is 11.2. The maximum absolute atomic E-state index is 14.4. The summed E-state index contributed by atoms with van der Waals surface area (Å²) in [6.45, 7) is 6.88. The van der Waals surface area contributed by atoms with Crippen LogP contribution in [0.1, 0.15) is 30.2 Å². The first-order chi connectivity index (χ1) is 17.0. The second-order valence-corrected chi connectivity index (χ2v) is 8.58. The lowest BCUT2D eigenvalue weighted by Crippen LogP contribution is -2.07. The van der Waals surface area contributed by atoms with Gasteiger partial charge in [0.2, 0.25) is 0 Å². The van der Waals surface area contributed by atoms with Crippen LogP contribution in [0, 0.1) is 12.7 Å². The quantitative estimate of drug-likeness (QED) is 0.246. The Labute approximate surface area is 205 Å². The number of anilines is 1. The SMILES string of the molecule is CCOCCn1c(C)c(-c2cccc(CNc3ccc(CCC(=O)O)c(F)c3)c2)c2ccccc21. The summed E-state index contributed by atoms with van der Waals surface area (Å²) in [6, 6.07) is 21.7. The summed E-state index contributed by atoms with van der Waals surface area (Å²) in [5.74, 6) is -1.32. The minimum absolute atomic E-state index is 0.0854. The van der Waals surface area contributed by atoms with Crippen molar-refractivity contribution in [3.63, 3.8) is 0 Å². The molecule has 6 heteroatoms. The van der Waals surface area contributed by atoms with Gasteiger partial charge in [-0.05, 0) is 61.2 Å². The predicted molar refractivity (Wildman–Crippen MR) is 138 cm³/mol. The van der Waals surface area contributed by atoms with Gasteiger partial charge in [-0.3, -0.25) is 4.79 Å².